The van der Waals surface area contributed by atoms with Crippen LogP contribution in [-0.2, 0) is 44.7 Å². The molecule has 4 N–H and O–H groups in total. The molecule has 6 rings (SSSR count). The van der Waals surface area contributed by atoms with Crippen LogP contribution in [0.15, 0.2) is 134 Å². The van der Waals surface area contributed by atoms with E-state index in [9.17, 15) is 14.4 Å². The third kappa shape index (κ3) is 24.9. The van der Waals surface area contributed by atoms with Crippen molar-refractivity contribution in [3.8, 4) is 0 Å². The van der Waals surface area contributed by atoms with Gasteiger partial charge in [-0.1, -0.05) is 121 Å². The largest absolute Gasteiger partial charge is 0.481 e. The Balaban J connectivity index is 0.000000256. The van der Waals surface area contributed by atoms with Crippen LogP contribution in [-0.4, -0.2) is 82.3 Å². The monoisotopic (exact) mass is 973 g/mol. The summed E-state index contributed by atoms with van der Waals surface area (Å²) in [6.07, 6.45) is 15.9. The maximum absolute atomic E-state index is 13.2. The van der Waals surface area contributed by atoms with Crippen LogP contribution in [0.4, 0.5) is 4.79 Å². The van der Waals surface area contributed by atoms with E-state index >= 15 is 0 Å². The Hall–Kier alpha value is -5.61. The van der Waals surface area contributed by atoms with Gasteiger partial charge in [0.2, 0.25) is 5.91 Å². The van der Waals surface area contributed by atoms with E-state index in [0.29, 0.717) is 31.6 Å². The van der Waals surface area contributed by atoms with Gasteiger partial charge in [0.1, 0.15) is 11.2 Å². The van der Waals surface area contributed by atoms with E-state index in [0.717, 1.165) is 96.4 Å². The van der Waals surface area contributed by atoms with Gasteiger partial charge in [-0.3, -0.25) is 9.59 Å². The second-order valence-electron chi connectivity index (χ2n) is 21.5. The molecular formula is C61H88N4O6. The summed E-state index contributed by atoms with van der Waals surface area (Å²) in [6.45, 7) is 17.8. The molecule has 0 aliphatic carbocycles. The SMILES string of the molecule is C=C(OC(C)(C)C)N1CCCC(C(=O)O)C1.CC(C)(C)OC(=O)N1CCCC(C(=O)NC(CCCc2ccccc2)CCCc2ccccc2)C1.NC(CCCc1ccccc1)CCCc1ccccc1. The van der Waals surface area contributed by atoms with Crippen LogP contribution < -0.4 is 11.1 Å². The average Bonchev–Trinajstić information content (AvgIpc) is 3.34. The number of hydrogen-bond donors (Lipinski definition) is 3. The van der Waals surface area contributed by atoms with Crippen molar-refractivity contribution in [3.05, 3.63) is 156 Å². The minimum Gasteiger partial charge on any atom is -0.481 e. The lowest BCUT2D eigenvalue weighted by atomic mass is 9.95. The number of ether oxygens (including phenoxy) is 2. The highest BCUT2D eigenvalue weighted by molar-refractivity contribution is 5.80. The van der Waals surface area contributed by atoms with Crippen LogP contribution in [0.2, 0.25) is 0 Å². The molecule has 4 aromatic carbocycles. The number of aryl methyl sites for hydroxylation is 4. The number of carboxylic acids is 1. The molecule has 0 radical (unpaired) electrons. The maximum atomic E-state index is 13.2. The van der Waals surface area contributed by atoms with Gasteiger partial charge in [-0.15, -0.1) is 0 Å². The van der Waals surface area contributed by atoms with Gasteiger partial charge in [0.25, 0.3) is 0 Å². The van der Waals surface area contributed by atoms with Crippen LogP contribution >= 0.6 is 0 Å². The van der Waals surface area contributed by atoms with Crippen molar-refractivity contribution in [1.29, 1.82) is 0 Å². The van der Waals surface area contributed by atoms with E-state index in [2.05, 4.69) is 121 Å². The van der Waals surface area contributed by atoms with E-state index in [4.69, 9.17) is 20.3 Å². The minimum absolute atomic E-state index is 0.0719. The summed E-state index contributed by atoms with van der Waals surface area (Å²) in [5, 5.41) is 12.3. The number of carboxylic acid groups (broad SMARTS) is 1. The smallest absolute Gasteiger partial charge is 0.410 e. The number of amides is 2. The number of nitrogens with two attached hydrogens (primary N) is 1. The van der Waals surface area contributed by atoms with E-state index in [-0.39, 0.29) is 35.5 Å². The summed E-state index contributed by atoms with van der Waals surface area (Å²) in [6, 6.07) is 42.9. The predicted octanol–water partition coefficient (Wildman–Crippen LogP) is 12.6. The molecule has 0 bridgehead atoms. The first-order chi connectivity index (χ1) is 33.9. The second kappa shape index (κ2) is 31.0. The third-order valence-corrected chi connectivity index (χ3v) is 12.8. The average molecular weight is 973 g/mol. The molecule has 2 amide bonds. The zero-order valence-corrected chi connectivity index (χ0v) is 44.2. The van der Waals surface area contributed by atoms with E-state index < -0.39 is 11.6 Å². The molecule has 0 aromatic heterocycles. The van der Waals surface area contributed by atoms with Crippen molar-refractivity contribution in [1.82, 2.24) is 15.1 Å². The van der Waals surface area contributed by atoms with Crippen molar-refractivity contribution in [2.75, 3.05) is 26.2 Å². The molecule has 2 fully saturated rings. The molecule has 2 saturated heterocycles. The molecule has 2 aliphatic heterocycles. The Bertz CT molecular complexity index is 2010. The van der Waals surface area contributed by atoms with Crippen LogP contribution in [0, 0.1) is 11.8 Å². The number of rotatable bonds is 21. The van der Waals surface area contributed by atoms with Crippen LogP contribution in [0.25, 0.3) is 0 Å². The van der Waals surface area contributed by atoms with Crippen molar-refractivity contribution in [2.24, 2.45) is 17.6 Å². The molecule has 2 unspecified atom stereocenters. The number of piperidine rings is 2. The number of benzene rings is 4. The topological polar surface area (TPSA) is 134 Å². The Kier molecular flexibility index (Phi) is 25.3. The lowest BCUT2D eigenvalue weighted by Crippen LogP contribution is -2.48. The Morgan fingerprint density at radius 2 is 0.958 bits per heavy atom. The normalized spacial score (nSPS) is 16.0. The molecule has 2 atom stereocenters. The van der Waals surface area contributed by atoms with Crippen molar-refractivity contribution < 1.29 is 29.0 Å². The summed E-state index contributed by atoms with van der Waals surface area (Å²) in [7, 11) is 0. The summed E-state index contributed by atoms with van der Waals surface area (Å²) < 4.78 is 11.2. The van der Waals surface area contributed by atoms with E-state index in [1.54, 1.807) is 4.90 Å². The number of likely N-dealkylation sites (tertiary alicyclic amines) is 2. The maximum Gasteiger partial charge on any atom is 0.410 e. The molecule has 4 aromatic rings. The lowest BCUT2D eigenvalue weighted by molar-refractivity contribution is -0.143. The molecule has 10 heteroatoms. The van der Waals surface area contributed by atoms with Crippen LogP contribution in [0.1, 0.15) is 141 Å². The van der Waals surface area contributed by atoms with E-state index in [1.807, 2.05) is 58.6 Å². The van der Waals surface area contributed by atoms with Crippen molar-refractivity contribution in [3.63, 3.8) is 0 Å². The molecule has 10 nitrogen and oxygen atoms in total. The molecule has 388 valence electrons. The van der Waals surface area contributed by atoms with Crippen molar-refractivity contribution in [2.45, 2.75) is 168 Å². The number of aliphatic carboxylic acids is 1. The quantitative estimate of drug-likeness (QED) is 0.0703. The number of nitrogens with one attached hydrogen (secondary N) is 1. The second-order valence-corrected chi connectivity index (χ2v) is 21.5. The van der Waals surface area contributed by atoms with Gasteiger partial charge >= 0.3 is 12.1 Å². The fourth-order valence-corrected chi connectivity index (χ4v) is 9.08. The highest BCUT2D eigenvalue weighted by atomic mass is 16.6. The molecule has 71 heavy (non-hydrogen) atoms. The zero-order chi connectivity index (χ0) is 51.5. The number of carbonyl (C=O) groups excluding carboxylic acids is 2. The highest BCUT2D eigenvalue weighted by Crippen LogP contribution is 2.24. The first kappa shape index (κ1) is 58.0. The first-order valence-corrected chi connectivity index (χ1v) is 26.5. The summed E-state index contributed by atoms with van der Waals surface area (Å²) >= 11 is 0. The number of nitrogens with zero attached hydrogens (tertiary/aromatic N) is 2. The Morgan fingerprint density at radius 1 is 0.592 bits per heavy atom. The summed E-state index contributed by atoms with van der Waals surface area (Å²) in [4.78, 5) is 40.3. The molecule has 2 heterocycles. The van der Waals surface area contributed by atoms with Gasteiger partial charge in [0.05, 0.1) is 11.8 Å². The first-order valence-electron chi connectivity index (χ1n) is 26.5. The van der Waals surface area contributed by atoms with Crippen molar-refractivity contribution >= 4 is 18.0 Å². The number of hydrogen-bond acceptors (Lipinski definition) is 7. The molecule has 2 aliphatic rings. The van der Waals surface area contributed by atoms with Gasteiger partial charge in [-0.2, -0.15) is 0 Å². The van der Waals surface area contributed by atoms with Gasteiger partial charge in [0, 0.05) is 38.3 Å². The fraction of sp³-hybridized carbons (Fsp3) is 0.525. The molecular weight excluding hydrogens is 885 g/mol. The predicted molar refractivity (Wildman–Crippen MR) is 290 cm³/mol. The van der Waals surface area contributed by atoms with Crippen LogP contribution in [0.3, 0.4) is 0 Å². The standard InChI is InChI=1S/C30H42N2O3.C19H25N.C12H21NO3/c1-30(2,3)35-29(34)32-22-12-19-26(23-32)28(33)31-27(20-10-17-24-13-6-4-7-14-24)21-11-18-25-15-8-5-9-16-25;20-19(15-7-13-17-9-3-1-4-10-17)16-8-14-18-11-5-2-6-12-18;1-9(16-12(2,3)4)13-7-5-6-10(8-13)11(14)15/h4-9,13-16,26-27H,10-12,17-23H2,1-3H3,(H,31,33);1-6,9-12,19H,7-8,13-16,20H2;10H,1,5-8H2,2-4H3,(H,14,15). The molecule has 0 saturated carbocycles. The highest BCUT2D eigenvalue weighted by Gasteiger charge is 2.32. The Morgan fingerprint density at radius 3 is 1.35 bits per heavy atom. The summed E-state index contributed by atoms with van der Waals surface area (Å²) in [5.41, 5.74) is 10.9. The van der Waals surface area contributed by atoms with Crippen LogP contribution in [0.5, 0.6) is 0 Å². The van der Waals surface area contributed by atoms with Gasteiger partial charge in [-0.25, -0.2) is 4.79 Å². The Labute approximate surface area is 427 Å². The molecule has 0 spiro atoms. The summed E-state index contributed by atoms with van der Waals surface area (Å²) in [5.74, 6) is -0.550. The van der Waals surface area contributed by atoms with Gasteiger partial charge < -0.3 is 35.4 Å². The fourth-order valence-electron chi connectivity index (χ4n) is 9.08. The lowest BCUT2D eigenvalue weighted by Gasteiger charge is -2.36. The minimum atomic E-state index is -0.728. The van der Waals surface area contributed by atoms with E-state index in [1.165, 1.54) is 35.1 Å². The zero-order valence-electron chi connectivity index (χ0n) is 44.2. The van der Waals surface area contributed by atoms with Gasteiger partial charge in [0.15, 0.2) is 5.88 Å². The van der Waals surface area contributed by atoms with Gasteiger partial charge in [-0.05, 0) is 173 Å². The third-order valence-electron chi connectivity index (χ3n) is 12.8. The number of carbonyl (C=O) groups is 3.